The highest BCUT2D eigenvalue weighted by Crippen LogP contribution is 2.59. The molecule has 0 radical (unpaired) electrons. The summed E-state index contributed by atoms with van der Waals surface area (Å²) in [5.74, 6) is 0. The van der Waals surface area contributed by atoms with Gasteiger partial charge in [0.25, 0.3) is 0 Å². The molecule has 0 saturated carbocycles. The third-order valence-electron chi connectivity index (χ3n) is 14.8. The van der Waals surface area contributed by atoms with Gasteiger partial charge in [0.05, 0.1) is 10.8 Å². The van der Waals surface area contributed by atoms with Gasteiger partial charge in [-0.25, -0.2) is 0 Å². The van der Waals surface area contributed by atoms with E-state index in [1.54, 1.807) is 0 Å². The van der Waals surface area contributed by atoms with E-state index in [4.69, 9.17) is 0 Å². The van der Waals surface area contributed by atoms with Crippen LogP contribution in [0.2, 0.25) is 0 Å². The van der Waals surface area contributed by atoms with Crippen LogP contribution in [-0.4, -0.2) is 0 Å². The molecular formula is C68H47N. The van der Waals surface area contributed by atoms with E-state index in [9.17, 15) is 0 Å². The van der Waals surface area contributed by atoms with Crippen molar-refractivity contribution in [3.05, 3.63) is 330 Å². The van der Waals surface area contributed by atoms with Crippen LogP contribution in [0.15, 0.2) is 285 Å². The molecule has 0 aliphatic heterocycles. The van der Waals surface area contributed by atoms with Crippen LogP contribution < -0.4 is 4.90 Å². The highest BCUT2D eigenvalue weighted by Gasteiger charge is 2.47. The van der Waals surface area contributed by atoms with Crippen molar-refractivity contribution in [3.63, 3.8) is 0 Å². The number of nitrogens with zero attached hydrogens (tertiary/aromatic N) is 1. The number of fused-ring (bicyclic) bond motifs is 6. The smallest absolute Gasteiger partial charge is 0.0714 e. The van der Waals surface area contributed by atoms with Crippen LogP contribution >= 0.6 is 0 Å². The molecule has 0 spiro atoms. The van der Waals surface area contributed by atoms with Crippen molar-refractivity contribution in [2.75, 3.05) is 4.90 Å². The molecule has 0 aromatic heterocycles. The van der Waals surface area contributed by atoms with Gasteiger partial charge < -0.3 is 4.90 Å². The van der Waals surface area contributed by atoms with Gasteiger partial charge in [0, 0.05) is 17.1 Å². The van der Waals surface area contributed by atoms with Crippen LogP contribution in [0.3, 0.4) is 0 Å². The lowest BCUT2D eigenvalue weighted by molar-refractivity contribution is 0.768. The van der Waals surface area contributed by atoms with E-state index in [-0.39, 0.29) is 0 Å². The zero-order valence-electron chi connectivity index (χ0n) is 38.1. The van der Waals surface area contributed by atoms with Crippen LogP contribution in [0.25, 0.3) is 44.5 Å². The lowest BCUT2D eigenvalue weighted by Crippen LogP contribution is -2.29. The largest absolute Gasteiger partial charge is 0.310 e. The second-order valence-corrected chi connectivity index (χ2v) is 18.3. The van der Waals surface area contributed by atoms with Crippen LogP contribution in [0.4, 0.5) is 17.1 Å². The maximum absolute atomic E-state index is 2.48. The molecule has 0 saturated heterocycles. The van der Waals surface area contributed by atoms with Crippen molar-refractivity contribution in [1.82, 2.24) is 0 Å². The lowest BCUT2D eigenvalue weighted by atomic mass is 9.67. The summed E-state index contributed by atoms with van der Waals surface area (Å²) in [6.07, 6.45) is 0. The second-order valence-electron chi connectivity index (χ2n) is 18.3. The van der Waals surface area contributed by atoms with Crippen molar-refractivity contribution < 1.29 is 0 Å². The Hall–Kier alpha value is -8.78. The lowest BCUT2D eigenvalue weighted by Gasteiger charge is -2.35. The molecule has 2 aliphatic carbocycles. The first-order valence-corrected chi connectivity index (χ1v) is 24.0. The first kappa shape index (κ1) is 40.5. The van der Waals surface area contributed by atoms with Gasteiger partial charge in [-0.05, 0) is 131 Å². The quantitative estimate of drug-likeness (QED) is 0.140. The average Bonchev–Trinajstić information content (AvgIpc) is 3.91. The molecule has 324 valence electrons. The standard InChI is InChI=1S/C68H47N/c1-6-22-48(23-7-1)50-44-51(49-24-8-2-9-25-49)46-58(45-50)69(56-40-38-55(39-41-56)67(52-26-10-3-11-27-52)63-35-19-16-32-59(63)60-33-17-20-36-64(60)67)57-42-43-62-61-34-18-21-37-65(61)68(66(62)47-57,53-28-12-4-13-29-53)54-30-14-5-15-31-54/h1-47H. The highest BCUT2D eigenvalue weighted by molar-refractivity contribution is 5.92. The topological polar surface area (TPSA) is 3.24 Å². The molecular weight excluding hydrogens is 831 g/mol. The SMILES string of the molecule is c1ccc(-c2cc(-c3ccccc3)cc(N(c3ccc(C4(c5ccccc5)c5ccccc5-c5ccccc54)cc3)c3ccc4c(c3)C(c3ccccc3)(c3ccccc3)c3ccccc3-4)c2)cc1. The summed E-state index contributed by atoms with van der Waals surface area (Å²) in [6.45, 7) is 0. The van der Waals surface area contributed by atoms with Gasteiger partial charge in [0.15, 0.2) is 0 Å². The van der Waals surface area contributed by atoms with Crippen molar-refractivity contribution in [3.8, 4) is 44.5 Å². The number of hydrogen-bond donors (Lipinski definition) is 0. The average molecular weight is 878 g/mol. The molecule has 0 amide bonds. The van der Waals surface area contributed by atoms with E-state index < -0.39 is 10.8 Å². The Balaban J connectivity index is 1.07. The van der Waals surface area contributed by atoms with Crippen LogP contribution in [0.1, 0.15) is 44.5 Å². The van der Waals surface area contributed by atoms with Gasteiger partial charge in [-0.2, -0.15) is 0 Å². The Bertz CT molecular complexity index is 3490. The Morgan fingerprint density at radius 1 is 0.203 bits per heavy atom. The van der Waals surface area contributed by atoms with Crippen LogP contribution in [0.5, 0.6) is 0 Å². The Labute approximate surface area is 404 Å². The third-order valence-corrected chi connectivity index (χ3v) is 14.8. The van der Waals surface area contributed by atoms with Crippen molar-refractivity contribution in [2.45, 2.75) is 10.8 Å². The molecule has 0 unspecified atom stereocenters. The maximum Gasteiger partial charge on any atom is 0.0714 e. The molecule has 0 N–H and O–H groups in total. The number of rotatable bonds is 9. The summed E-state index contributed by atoms with van der Waals surface area (Å²) in [4.78, 5) is 2.48. The molecule has 1 nitrogen and oxygen atoms in total. The predicted molar refractivity (Wildman–Crippen MR) is 287 cm³/mol. The molecule has 69 heavy (non-hydrogen) atoms. The van der Waals surface area contributed by atoms with Gasteiger partial charge in [0.2, 0.25) is 0 Å². The van der Waals surface area contributed by atoms with Crippen LogP contribution in [-0.2, 0) is 10.8 Å². The minimum atomic E-state index is -0.549. The van der Waals surface area contributed by atoms with E-state index in [2.05, 4.69) is 290 Å². The molecule has 0 heterocycles. The summed E-state index contributed by atoms with van der Waals surface area (Å²) in [5.41, 5.74) is 22.1. The zero-order chi connectivity index (χ0) is 45.8. The number of anilines is 3. The summed E-state index contributed by atoms with van der Waals surface area (Å²) in [6, 6.07) is 106. The maximum atomic E-state index is 2.48. The molecule has 2 aliphatic rings. The first-order valence-electron chi connectivity index (χ1n) is 24.0. The van der Waals surface area contributed by atoms with Gasteiger partial charge in [0.1, 0.15) is 0 Å². The Morgan fingerprint density at radius 3 is 0.971 bits per heavy atom. The van der Waals surface area contributed by atoms with Crippen molar-refractivity contribution in [2.24, 2.45) is 0 Å². The minimum Gasteiger partial charge on any atom is -0.310 e. The second kappa shape index (κ2) is 16.5. The van der Waals surface area contributed by atoms with E-state index in [0.717, 1.165) is 28.2 Å². The summed E-state index contributed by atoms with van der Waals surface area (Å²) in [7, 11) is 0. The number of benzene rings is 11. The van der Waals surface area contributed by atoms with E-state index in [1.807, 2.05) is 0 Å². The number of hydrogen-bond acceptors (Lipinski definition) is 1. The van der Waals surface area contributed by atoms with Crippen molar-refractivity contribution in [1.29, 1.82) is 0 Å². The van der Waals surface area contributed by atoms with Gasteiger partial charge >= 0.3 is 0 Å². The van der Waals surface area contributed by atoms with Gasteiger partial charge in [-0.15, -0.1) is 0 Å². The summed E-state index contributed by atoms with van der Waals surface area (Å²) < 4.78 is 0. The first-order chi connectivity index (χ1) is 34.2. The Kier molecular flexibility index (Phi) is 9.70. The third kappa shape index (κ3) is 6.32. The molecule has 1 heteroatoms. The molecule has 0 fully saturated rings. The highest BCUT2D eigenvalue weighted by atomic mass is 15.1. The Morgan fingerprint density at radius 2 is 0.536 bits per heavy atom. The fraction of sp³-hybridized carbons (Fsp3) is 0.0294. The van der Waals surface area contributed by atoms with Crippen molar-refractivity contribution >= 4 is 17.1 Å². The molecule has 0 atom stereocenters. The minimum absolute atomic E-state index is 0.504. The molecule has 11 aromatic carbocycles. The van der Waals surface area contributed by atoms with Gasteiger partial charge in [-0.1, -0.05) is 243 Å². The fourth-order valence-corrected chi connectivity index (χ4v) is 11.9. The summed E-state index contributed by atoms with van der Waals surface area (Å²) >= 11 is 0. The summed E-state index contributed by atoms with van der Waals surface area (Å²) in [5, 5.41) is 0. The zero-order valence-corrected chi connectivity index (χ0v) is 38.1. The van der Waals surface area contributed by atoms with Crippen LogP contribution in [0, 0.1) is 0 Å². The normalized spacial score (nSPS) is 13.4. The van der Waals surface area contributed by atoms with Gasteiger partial charge in [-0.3, -0.25) is 0 Å². The van der Waals surface area contributed by atoms with E-state index >= 15 is 0 Å². The fourth-order valence-electron chi connectivity index (χ4n) is 11.9. The molecule has 0 bridgehead atoms. The molecule has 11 aromatic rings. The molecule has 13 rings (SSSR count). The van der Waals surface area contributed by atoms with E-state index in [0.29, 0.717) is 0 Å². The monoisotopic (exact) mass is 877 g/mol. The predicted octanol–water partition coefficient (Wildman–Crippen LogP) is 17.2. The van der Waals surface area contributed by atoms with E-state index in [1.165, 1.54) is 77.9 Å².